The summed E-state index contributed by atoms with van der Waals surface area (Å²) < 4.78 is 39.9. The largest absolute Gasteiger partial charge is 0.787 e. The van der Waals surface area contributed by atoms with Gasteiger partial charge in [-0.25, -0.2) is 0 Å². The second-order valence-corrected chi connectivity index (χ2v) is 11.0. The third-order valence-electron chi connectivity index (χ3n) is 7.47. The minimum Gasteiger partial charge on any atom is -0.787 e. The first-order chi connectivity index (χ1) is 20.5. The van der Waals surface area contributed by atoms with Gasteiger partial charge >= 0.3 is 6.18 Å². The SMILES string of the molecule is NCC[N+](CCN)(CC[S-])CCC[C@H](N)C(=O)N[C@H](Cc1ccc(C(F)(F)F)cc1)C(=O)Nc1cnc2ccccc2c1. The van der Waals surface area contributed by atoms with Crippen molar-refractivity contribution >= 4 is 41.0 Å². The lowest BCUT2D eigenvalue weighted by atomic mass is 10.0. The minimum absolute atomic E-state index is 0.0464. The number of hydrogen-bond donors (Lipinski definition) is 5. The Kier molecular flexibility index (Phi) is 12.8. The number of alkyl halides is 3. The van der Waals surface area contributed by atoms with Crippen LogP contribution >= 0.6 is 0 Å². The Bertz CT molecular complexity index is 1320. The van der Waals surface area contributed by atoms with E-state index >= 15 is 0 Å². The molecule has 9 nitrogen and oxygen atoms in total. The quantitative estimate of drug-likeness (QED) is 0.122. The molecule has 2 aromatic carbocycles. The van der Waals surface area contributed by atoms with Crippen LogP contribution in [0.25, 0.3) is 10.9 Å². The number of anilines is 1. The predicted octanol–water partition coefficient (Wildman–Crippen LogP) is 2.31. The summed E-state index contributed by atoms with van der Waals surface area (Å²) in [5.74, 6) is -0.535. The van der Waals surface area contributed by atoms with Crippen LogP contribution < -0.4 is 27.8 Å². The zero-order chi connectivity index (χ0) is 31.5. The number of nitrogens with zero attached hydrogens (tertiary/aromatic N) is 2. The highest BCUT2D eigenvalue weighted by Gasteiger charge is 2.31. The summed E-state index contributed by atoms with van der Waals surface area (Å²) in [6.07, 6.45) is -2.08. The third-order valence-corrected chi connectivity index (χ3v) is 7.65. The molecule has 0 aliphatic heterocycles. The second-order valence-electron chi connectivity index (χ2n) is 10.6. The van der Waals surface area contributed by atoms with E-state index in [1.54, 1.807) is 6.07 Å². The summed E-state index contributed by atoms with van der Waals surface area (Å²) in [4.78, 5) is 30.9. The molecule has 1 aromatic heterocycles. The summed E-state index contributed by atoms with van der Waals surface area (Å²) >= 11 is 5.21. The number of fused-ring (bicyclic) bond motifs is 1. The van der Waals surface area contributed by atoms with Crippen LogP contribution in [-0.2, 0) is 34.8 Å². The van der Waals surface area contributed by atoms with Gasteiger partial charge in [-0.2, -0.15) is 13.2 Å². The smallest absolute Gasteiger partial charge is 0.416 e. The summed E-state index contributed by atoms with van der Waals surface area (Å²) in [6, 6.07) is 11.6. The zero-order valence-corrected chi connectivity index (χ0v) is 24.8. The molecule has 0 unspecified atom stereocenters. The van der Waals surface area contributed by atoms with Crippen molar-refractivity contribution in [1.29, 1.82) is 0 Å². The van der Waals surface area contributed by atoms with E-state index in [0.29, 0.717) is 67.1 Å². The molecule has 13 heteroatoms. The van der Waals surface area contributed by atoms with Gasteiger partial charge in [0.05, 0.1) is 55.2 Å². The van der Waals surface area contributed by atoms with Gasteiger partial charge in [0.15, 0.2) is 0 Å². The summed E-state index contributed by atoms with van der Waals surface area (Å²) in [7, 11) is 0. The molecule has 0 saturated carbocycles. The Labute approximate surface area is 255 Å². The molecule has 3 aromatic rings. The summed E-state index contributed by atoms with van der Waals surface area (Å²) in [5.41, 5.74) is 18.7. The molecule has 0 spiro atoms. The highest BCUT2D eigenvalue weighted by Crippen LogP contribution is 2.29. The van der Waals surface area contributed by atoms with Gasteiger partial charge in [-0.05, 0) is 42.7 Å². The van der Waals surface area contributed by atoms with E-state index in [4.69, 9.17) is 29.8 Å². The maximum Gasteiger partial charge on any atom is 0.416 e. The van der Waals surface area contributed by atoms with Crippen molar-refractivity contribution in [3.8, 4) is 0 Å². The summed E-state index contributed by atoms with van der Waals surface area (Å²) in [5, 5.41) is 6.28. The van der Waals surface area contributed by atoms with Crippen LogP contribution in [0.15, 0.2) is 60.8 Å². The molecule has 43 heavy (non-hydrogen) atoms. The molecule has 0 fully saturated rings. The van der Waals surface area contributed by atoms with E-state index in [1.165, 1.54) is 18.3 Å². The maximum absolute atomic E-state index is 13.4. The molecule has 0 radical (unpaired) electrons. The molecule has 0 saturated heterocycles. The maximum atomic E-state index is 13.4. The Hall–Kier alpha value is -3.23. The number of aromatic nitrogens is 1. The van der Waals surface area contributed by atoms with Gasteiger partial charge in [0, 0.05) is 24.9 Å². The molecule has 0 bridgehead atoms. The fourth-order valence-electron chi connectivity index (χ4n) is 5.11. The first-order valence-electron chi connectivity index (χ1n) is 14.2. The van der Waals surface area contributed by atoms with Crippen molar-refractivity contribution in [2.75, 3.05) is 50.3 Å². The molecule has 234 valence electrons. The van der Waals surface area contributed by atoms with Crippen molar-refractivity contribution in [3.63, 3.8) is 0 Å². The van der Waals surface area contributed by atoms with Gasteiger partial charge in [-0.1, -0.05) is 30.3 Å². The van der Waals surface area contributed by atoms with E-state index in [1.807, 2.05) is 24.3 Å². The number of rotatable bonds is 16. The van der Waals surface area contributed by atoms with Crippen LogP contribution in [0.1, 0.15) is 24.0 Å². The number of hydrogen-bond acceptors (Lipinski definition) is 7. The number of pyridine rings is 1. The van der Waals surface area contributed by atoms with Crippen molar-refractivity contribution in [2.45, 2.75) is 37.5 Å². The topological polar surface area (TPSA) is 149 Å². The van der Waals surface area contributed by atoms with Crippen LogP contribution in [0.4, 0.5) is 18.9 Å². The Balaban J connectivity index is 1.73. The lowest BCUT2D eigenvalue weighted by Crippen LogP contribution is -2.55. The molecular formula is C30H40F3N7O2S. The summed E-state index contributed by atoms with van der Waals surface area (Å²) in [6.45, 7) is 3.84. The molecule has 1 heterocycles. The van der Waals surface area contributed by atoms with Gasteiger partial charge in [-0.3, -0.25) is 14.6 Å². The van der Waals surface area contributed by atoms with Crippen molar-refractivity contribution in [1.82, 2.24) is 10.3 Å². The van der Waals surface area contributed by atoms with Gasteiger partial charge in [0.2, 0.25) is 11.8 Å². The van der Waals surface area contributed by atoms with Crippen LogP contribution in [-0.4, -0.2) is 78.4 Å². The molecular weight excluding hydrogens is 579 g/mol. The van der Waals surface area contributed by atoms with E-state index in [0.717, 1.165) is 29.6 Å². The zero-order valence-electron chi connectivity index (χ0n) is 24.0. The van der Waals surface area contributed by atoms with E-state index in [2.05, 4.69) is 15.6 Å². The minimum atomic E-state index is -4.49. The van der Waals surface area contributed by atoms with Crippen molar-refractivity contribution < 1.29 is 27.2 Å². The molecule has 0 aliphatic rings. The van der Waals surface area contributed by atoms with Crippen LogP contribution in [0.3, 0.4) is 0 Å². The van der Waals surface area contributed by atoms with Gasteiger partial charge in [0.1, 0.15) is 6.04 Å². The highest BCUT2D eigenvalue weighted by atomic mass is 32.1. The number of quaternary nitrogens is 1. The van der Waals surface area contributed by atoms with E-state index < -0.39 is 35.6 Å². The molecule has 3 rings (SSSR count). The van der Waals surface area contributed by atoms with Gasteiger partial charge in [0.25, 0.3) is 0 Å². The Morgan fingerprint density at radius 2 is 1.63 bits per heavy atom. The number of nitrogens with two attached hydrogens (primary N) is 3. The fourth-order valence-corrected chi connectivity index (χ4v) is 5.50. The number of carbonyl (C=O) groups is 2. The number of carbonyl (C=O) groups excluding carboxylic acids is 2. The second kappa shape index (κ2) is 16.0. The number of para-hydroxylation sites is 1. The lowest BCUT2D eigenvalue weighted by molar-refractivity contribution is -0.923. The molecule has 8 N–H and O–H groups in total. The first kappa shape index (κ1) is 34.3. The fraction of sp³-hybridized carbons (Fsp3) is 0.433. The highest BCUT2D eigenvalue weighted by molar-refractivity contribution is 7.58. The molecule has 0 aliphatic carbocycles. The van der Waals surface area contributed by atoms with E-state index in [-0.39, 0.29) is 6.42 Å². The first-order valence-corrected chi connectivity index (χ1v) is 14.8. The van der Waals surface area contributed by atoms with Crippen LogP contribution in [0.2, 0.25) is 0 Å². The number of halogens is 3. The van der Waals surface area contributed by atoms with Gasteiger partial charge in [-0.15, -0.1) is 5.75 Å². The Morgan fingerprint density at radius 1 is 0.953 bits per heavy atom. The standard InChI is InChI=1S/C30H40F3N7O2S/c31-30(32,33)23-9-7-21(8-10-23)18-27(29(42)38-24-19-22-4-1-2-6-26(22)37-20-24)39-28(41)25(36)5-3-13-40(14-11-34,15-12-35)16-17-43/h1-2,4,6-10,19-20,25,27H,3,5,11-18,34-36H2,(H2-,38,39,41,42,43)/t25-,27+/m0/s1. The Morgan fingerprint density at radius 3 is 2.26 bits per heavy atom. The molecule has 2 atom stereocenters. The normalized spacial score (nSPS) is 13.5. The van der Waals surface area contributed by atoms with Crippen molar-refractivity contribution in [2.24, 2.45) is 17.2 Å². The molecule has 2 amide bonds. The number of nitrogens with one attached hydrogen (secondary N) is 2. The van der Waals surface area contributed by atoms with E-state index in [9.17, 15) is 22.8 Å². The predicted molar refractivity (Wildman–Crippen MR) is 165 cm³/mol. The third kappa shape index (κ3) is 10.2. The van der Waals surface area contributed by atoms with Gasteiger partial charge < -0.3 is 44.9 Å². The lowest BCUT2D eigenvalue weighted by Gasteiger charge is -2.40. The average Bonchev–Trinajstić information content (AvgIpc) is 2.97. The number of benzene rings is 2. The van der Waals surface area contributed by atoms with Crippen LogP contribution in [0.5, 0.6) is 0 Å². The van der Waals surface area contributed by atoms with Crippen molar-refractivity contribution in [3.05, 3.63) is 71.9 Å². The monoisotopic (exact) mass is 619 g/mol. The number of amides is 2. The van der Waals surface area contributed by atoms with Crippen LogP contribution in [0, 0.1) is 0 Å². The average molecular weight is 620 g/mol.